The molecule has 1 N–H and O–H groups in total. The number of rotatable bonds is 4. The van der Waals surface area contributed by atoms with Gasteiger partial charge in [0.1, 0.15) is 6.54 Å². The van der Waals surface area contributed by atoms with Gasteiger partial charge >= 0.3 is 5.69 Å². The number of aromatic nitrogens is 2. The average molecular weight is 345 g/mol. The number of hydrogen-bond acceptors (Lipinski definition) is 5. The van der Waals surface area contributed by atoms with Crippen molar-refractivity contribution in [2.24, 2.45) is 0 Å². The summed E-state index contributed by atoms with van der Waals surface area (Å²) in [5.74, 6) is -0.305. The SMILES string of the molecule is CN(C)S(=O)(=O)N1CCN(C(=O)Cn2ccc(=O)[nH]c2=O)CC1. The number of carbonyl (C=O) groups excluding carboxylic acids is 1. The molecule has 0 radical (unpaired) electrons. The number of piperazine rings is 1. The summed E-state index contributed by atoms with van der Waals surface area (Å²) in [6.07, 6.45) is 1.26. The summed E-state index contributed by atoms with van der Waals surface area (Å²) < 4.78 is 27.5. The quantitative estimate of drug-likeness (QED) is 0.647. The van der Waals surface area contributed by atoms with Crippen LogP contribution in [0.15, 0.2) is 21.9 Å². The number of hydrogen-bond donors (Lipinski definition) is 1. The van der Waals surface area contributed by atoms with Crippen LogP contribution in [-0.2, 0) is 21.5 Å². The van der Waals surface area contributed by atoms with Crippen LogP contribution in [0.3, 0.4) is 0 Å². The van der Waals surface area contributed by atoms with Crippen LogP contribution in [0.2, 0.25) is 0 Å². The second-order valence-corrected chi connectivity index (χ2v) is 7.45. The molecule has 0 spiro atoms. The molecule has 1 aliphatic rings. The molecule has 1 aromatic rings. The fourth-order valence-corrected chi connectivity index (χ4v) is 3.30. The monoisotopic (exact) mass is 345 g/mol. The maximum atomic E-state index is 12.2. The highest BCUT2D eigenvalue weighted by molar-refractivity contribution is 7.86. The van der Waals surface area contributed by atoms with Gasteiger partial charge in [0, 0.05) is 52.5 Å². The molecule has 1 fully saturated rings. The first-order valence-corrected chi connectivity index (χ1v) is 8.36. The lowest BCUT2D eigenvalue weighted by molar-refractivity contribution is -0.133. The molecule has 0 atom stereocenters. The van der Waals surface area contributed by atoms with Gasteiger partial charge in [0.2, 0.25) is 5.91 Å². The third-order valence-corrected chi connectivity index (χ3v) is 5.52. The Morgan fingerprint density at radius 3 is 2.35 bits per heavy atom. The Morgan fingerprint density at radius 1 is 1.22 bits per heavy atom. The Hall–Kier alpha value is -1.98. The van der Waals surface area contributed by atoms with Crippen molar-refractivity contribution < 1.29 is 13.2 Å². The van der Waals surface area contributed by atoms with Crippen LogP contribution in [0.5, 0.6) is 0 Å². The van der Waals surface area contributed by atoms with Gasteiger partial charge in [-0.25, -0.2) is 4.79 Å². The Kier molecular flexibility index (Phi) is 5.02. The molecule has 128 valence electrons. The molecule has 1 amide bonds. The number of aromatic amines is 1. The van der Waals surface area contributed by atoms with Gasteiger partial charge in [-0.05, 0) is 0 Å². The van der Waals surface area contributed by atoms with Crippen LogP contribution in [-0.4, -0.2) is 77.7 Å². The first kappa shape index (κ1) is 17.4. The predicted molar refractivity (Wildman–Crippen MR) is 82.1 cm³/mol. The minimum absolute atomic E-state index is 0.198. The highest BCUT2D eigenvalue weighted by atomic mass is 32.2. The van der Waals surface area contributed by atoms with Gasteiger partial charge in [-0.3, -0.25) is 19.1 Å². The summed E-state index contributed by atoms with van der Waals surface area (Å²) in [5.41, 5.74) is -1.18. The molecule has 10 nitrogen and oxygen atoms in total. The van der Waals surface area contributed by atoms with Gasteiger partial charge in [-0.15, -0.1) is 0 Å². The Labute approximate surface area is 133 Å². The molecule has 1 aromatic heterocycles. The smallest absolute Gasteiger partial charge is 0.328 e. The molecule has 23 heavy (non-hydrogen) atoms. The summed E-state index contributed by atoms with van der Waals surface area (Å²) in [6, 6.07) is 1.16. The fourth-order valence-electron chi connectivity index (χ4n) is 2.21. The lowest BCUT2D eigenvalue weighted by atomic mass is 10.3. The molecular weight excluding hydrogens is 326 g/mol. The zero-order chi connectivity index (χ0) is 17.2. The zero-order valence-corrected chi connectivity index (χ0v) is 13.7. The van der Waals surface area contributed by atoms with Crippen LogP contribution in [0.1, 0.15) is 0 Å². The molecule has 0 bridgehead atoms. The third-order valence-electron chi connectivity index (χ3n) is 3.58. The number of nitrogens with one attached hydrogen (secondary N) is 1. The lowest BCUT2D eigenvalue weighted by Crippen LogP contribution is -2.53. The van der Waals surface area contributed by atoms with E-state index in [1.54, 1.807) is 0 Å². The minimum atomic E-state index is -3.49. The summed E-state index contributed by atoms with van der Waals surface area (Å²) in [4.78, 5) is 38.3. The van der Waals surface area contributed by atoms with E-state index < -0.39 is 21.5 Å². The van der Waals surface area contributed by atoms with Crippen LogP contribution in [0.25, 0.3) is 0 Å². The topological polar surface area (TPSA) is 116 Å². The molecule has 0 unspecified atom stereocenters. The van der Waals surface area contributed by atoms with Crippen molar-refractivity contribution in [1.82, 2.24) is 23.1 Å². The van der Waals surface area contributed by atoms with Crippen molar-refractivity contribution in [2.75, 3.05) is 40.3 Å². The standard InChI is InChI=1S/C12H19N5O5S/c1-14(2)23(21,22)17-7-5-15(6-8-17)11(19)9-16-4-3-10(18)13-12(16)20/h3-4H,5-9H2,1-2H3,(H,13,18,20). The van der Waals surface area contributed by atoms with Crippen molar-refractivity contribution in [3.63, 3.8) is 0 Å². The van der Waals surface area contributed by atoms with E-state index in [9.17, 15) is 22.8 Å². The third kappa shape index (κ3) is 3.86. The van der Waals surface area contributed by atoms with Crippen molar-refractivity contribution in [3.05, 3.63) is 33.1 Å². The second kappa shape index (κ2) is 6.64. The molecule has 0 aromatic carbocycles. The van der Waals surface area contributed by atoms with Crippen LogP contribution >= 0.6 is 0 Å². The summed E-state index contributed by atoms with van der Waals surface area (Å²) >= 11 is 0. The molecule has 1 saturated heterocycles. The van der Waals surface area contributed by atoms with Gasteiger partial charge in [-0.1, -0.05) is 0 Å². The van der Waals surface area contributed by atoms with E-state index in [-0.39, 0.29) is 38.6 Å². The summed E-state index contributed by atoms with van der Waals surface area (Å²) in [6.45, 7) is 0.712. The Morgan fingerprint density at radius 2 is 1.83 bits per heavy atom. The number of carbonyl (C=O) groups is 1. The van der Waals surface area contributed by atoms with Gasteiger partial charge < -0.3 is 4.90 Å². The Bertz CT molecular complexity index is 789. The average Bonchev–Trinajstić information content (AvgIpc) is 2.50. The number of amides is 1. The van der Waals surface area contributed by atoms with E-state index in [0.29, 0.717) is 0 Å². The van der Waals surface area contributed by atoms with Crippen LogP contribution < -0.4 is 11.2 Å². The molecule has 2 heterocycles. The van der Waals surface area contributed by atoms with Crippen LogP contribution in [0.4, 0.5) is 0 Å². The van der Waals surface area contributed by atoms with Crippen molar-refractivity contribution >= 4 is 16.1 Å². The molecule has 11 heteroatoms. The Balaban J connectivity index is 1.99. The fraction of sp³-hybridized carbons (Fsp3) is 0.583. The molecular formula is C12H19N5O5S. The maximum Gasteiger partial charge on any atom is 0.328 e. The summed E-state index contributed by atoms with van der Waals surface area (Å²) in [7, 11) is -0.578. The van der Waals surface area contributed by atoms with E-state index in [4.69, 9.17) is 0 Å². The molecule has 1 aliphatic heterocycles. The van der Waals surface area contributed by atoms with E-state index in [1.807, 2.05) is 0 Å². The lowest BCUT2D eigenvalue weighted by Gasteiger charge is -2.35. The van der Waals surface area contributed by atoms with Crippen LogP contribution in [0, 0.1) is 0 Å². The van der Waals surface area contributed by atoms with E-state index >= 15 is 0 Å². The molecule has 2 rings (SSSR count). The summed E-state index contributed by atoms with van der Waals surface area (Å²) in [5, 5.41) is 0. The largest absolute Gasteiger partial charge is 0.338 e. The van der Waals surface area contributed by atoms with Gasteiger partial charge in [-0.2, -0.15) is 17.0 Å². The van der Waals surface area contributed by atoms with E-state index in [0.717, 1.165) is 14.9 Å². The van der Waals surface area contributed by atoms with Crippen molar-refractivity contribution in [3.8, 4) is 0 Å². The maximum absolute atomic E-state index is 12.2. The van der Waals surface area contributed by atoms with Crippen molar-refractivity contribution in [1.29, 1.82) is 0 Å². The first-order valence-electron chi connectivity index (χ1n) is 6.97. The molecule has 0 saturated carbocycles. The first-order chi connectivity index (χ1) is 10.7. The highest BCUT2D eigenvalue weighted by Gasteiger charge is 2.30. The predicted octanol–water partition coefficient (Wildman–Crippen LogP) is -2.51. The molecule has 0 aliphatic carbocycles. The number of nitrogens with zero attached hydrogens (tertiary/aromatic N) is 4. The minimum Gasteiger partial charge on any atom is -0.338 e. The van der Waals surface area contributed by atoms with Gasteiger partial charge in [0.15, 0.2) is 0 Å². The van der Waals surface area contributed by atoms with Gasteiger partial charge in [0.05, 0.1) is 0 Å². The normalized spacial score (nSPS) is 16.7. The highest BCUT2D eigenvalue weighted by Crippen LogP contribution is 2.10. The van der Waals surface area contributed by atoms with E-state index in [1.165, 1.54) is 29.5 Å². The zero-order valence-electron chi connectivity index (χ0n) is 12.9. The van der Waals surface area contributed by atoms with Gasteiger partial charge in [0.25, 0.3) is 15.8 Å². The second-order valence-electron chi connectivity index (χ2n) is 5.31. The number of H-pyrrole nitrogens is 1. The van der Waals surface area contributed by atoms with E-state index in [2.05, 4.69) is 4.98 Å². The van der Waals surface area contributed by atoms with Crippen molar-refractivity contribution in [2.45, 2.75) is 6.54 Å².